The lowest BCUT2D eigenvalue weighted by atomic mass is 9.99. The van der Waals surface area contributed by atoms with Crippen molar-refractivity contribution < 1.29 is 4.39 Å². The van der Waals surface area contributed by atoms with Gasteiger partial charge in [0, 0.05) is 55.9 Å². The summed E-state index contributed by atoms with van der Waals surface area (Å²) < 4.78 is 15.6. The predicted octanol–water partition coefficient (Wildman–Crippen LogP) is 3.58. The highest BCUT2D eigenvalue weighted by Gasteiger charge is 2.28. The molecule has 0 saturated heterocycles. The van der Waals surface area contributed by atoms with Crippen molar-refractivity contribution in [3.05, 3.63) is 83.5 Å². The van der Waals surface area contributed by atoms with Crippen LogP contribution in [0, 0.1) is 5.82 Å². The highest BCUT2D eigenvalue weighted by Crippen LogP contribution is 2.33. The van der Waals surface area contributed by atoms with Gasteiger partial charge in [-0.2, -0.15) is 0 Å². The minimum absolute atomic E-state index is 0.107. The number of nitrogens with zero attached hydrogens (tertiary/aromatic N) is 4. The number of benzene rings is 1. The lowest BCUT2D eigenvalue weighted by Crippen LogP contribution is -2.38. The van der Waals surface area contributed by atoms with Gasteiger partial charge in [-0.25, -0.2) is 14.4 Å². The molecule has 1 unspecified atom stereocenters. The third kappa shape index (κ3) is 3.20. The molecule has 128 valence electrons. The molecule has 25 heavy (non-hydrogen) atoms. The Morgan fingerprint density at radius 1 is 1.08 bits per heavy atom. The lowest BCUT2D eigenvalue weighted by Gasteiger charge is -2.37. The van der Waals surface area contributed by atoms with Crippen molar-refractivity contribution >= 4 is 0 Å². The van der Waals surface area contributed by atoms with Crippen LogP contribution in [0.25, 0.3) is 0 Å². The molecule has 1 atom stereocenters. The SMILES string of the molecule is CCc1ncc(CN2CCn3cccc3C2c2ccc(F)cc2)cn1. The van der Waals surface area contributed by atoms with Crippen molar-refractivity contribution in [3.63, 3.8) is 0 Å². The summed E-state index contributed by atoms with van der Waals surface area (Å²) in [5, 5.41) is 0. The number of halogens is 1. The molecule has 1 aliphatic rings. The first kappa shape index (κ1) is 16.0. The molecule has 0 spiro atoms. The Hall–Kier alpha value is -2.53. The van der Waals surface area contributed by atoms with Crippen LogP contribution in [0.5, 0.6) is 0 Å². The molecule has 1 aromatic carbocycles. The second kappa shape index (κ2) is 6.76. The average molecular weight is 336 g/mol. The zero-order valence-electron chi connectivity index (χ0n) is 14.3. The van der Waals surface area contributed by atoms with Gasteiger partial charge < -0.3 is 4.57 Å². The van der Waals surface area contributed by atoms with E-state index in [1.54, 1.807) is 0 Å². The van der Waals surface area contributed by atoms with Gasteiger partial charge in [-0.3, -0.25) is 4.90 Å². The van der Waals surface area contributed by atoms with Gasteiger partial charge >= 0.3 is 0 Å². The van der Waals surface area contributed by atoms with E-state index in [4.69, 9.17) is 0 Å². The minimum atomic E-state index is -0.204. The van der Waals surface area contributed by atoms with E-state index >= 15 is 0 Å². The van der Waals surface area contributed by atoms with Crippen LogP contribution in [-0.2, 0) is 19.5 Å². The summed E-state index contributed by atoms with van der Waals surface area (Å²) in [5.41, 5.74) is 3.44. The average Bonchev–Trinajstić information content (AvgIpc) is 3.12. The Labute approximate surface area is 147 Å². The first-order valence-corrected chi connectivity index (χ1v) is 8.69. The van der Waals surface area contributed by atoms with Crippen molar-refractivity contribution in [2.75, 3.05) is 6.54 Å². The van der Waals surface area contributed by atoms with E-state index in [-0.39, 0.29) is 11.9 Å². The molecule has 4 nitrogen and oxygen atoms in total. The number of aryl methyl sites for hydroxylation is 1. The normalized spacial score (nSPS) is 17.4. The first-order chi connectivity index (χ1) is 12.2. The van der Waals surface area contributed by atoms with Crippen LogP contribution in [0.2, 0.25) is 0 Å². The molecule has 5 heteroatoms. The Morgan fingerprint density at radius 2 is 1.84 bits per heavy atom. The molecule has 4 rings (SSSR count). The van der Waals surface area contributed by atoms with E-state index in [9.17, 15) is 4.39 Å². The van der Waals surface area contributed by atoms with Crippen LogP contribution in [0.1, 0.15) is 35.6 Å². The van der Waals surface area contributed by atoms with Crippen molar-refractivity contribution in [1.29, 1.82) is 0 Å². The fourth-order valence-corrected chi connectivity index (χ4v) is 3.51. The van der Waals surface area contributed by atoms with Crippen LogP contribution in [0.3, 0.4) is 0 Å². The quantitative estimate of drug-likeness (QED) is 0.730. The summed E-state index contributed by atoms with van der Waals surface area (Å²) in [6.45, 7) is 4.71. The van der Waals surface area contributed by atoms with Crippen LogP contribution in [0.4, 0.5) is 4.39 Å². The highest BCUT2D eigenvalue weighted by molar-refractivity contribution is 5.30. The van der Waals surface area contributed by atoms with E-state index in [1.807, 2.05) is 24.5 Å². The van der Waals surface area contributed by atoms with Crippen LogP contribution >= 0.6 is 0 Å². The number of hydrogen-bond donors (Lipinski definition) is 0. The zero-order valence-corrected chi connectivity index (χ0v) is 14.3. The maximum atomic E-state index is 13.4. The van der Waals surface area contributed by atoms with Gasteiger partial charge in [0.25, 0.3) is 0 Å². The van der Waals surface area contributed by atoms with Crippen molar-refractivity contribution in [2.45, 2.75) is 32.5 Å². The molecule has 0 N–H and O–H groups in total. The number of hydrogen-bond acceptors (Lipinski definition) is 3. The van der Waals surface area contributed by atoms with E-state index in [0.29, 0.717) is 0 Å². The van der Waals surface area contributed by atoms with Gasteiger partial charge in [0.15, 0.2) is 0 Å². The van der Waals surface area contributed by atoms with Crippen molar-refractivity contribution in [2.24, 2.45) is 0 Å². The number of aromatic nitrogens is 3. The van der Waals surface area contributed by atoms with Gasteiger partial charge in [0.1, 0.15) is 11.6 Å². The summed E-state index contributed by atoms with van der Waals surface area (Å²) in [5.74, 6) is 0.663. The van der Waals surface area contributed by atoms with Gasteiger partial charge in [0.05, 0.1) is 6.04 Å². The molecule has 1 aliphatic heterocycles. The molecule has 2 aromatic heterocycles. The van der Waals surface area contributed by atoms with Crippen molar-refractivity contribution in [1.82, 2.24) is 19.4 Å². The smallest absolute Gasteiger partial charge is 0.127 e. The molecular formula is C20H21FN4. The predicted molar refractivity (Wildman–Crippen MR) is 94.5 cm³/mol. The molecule has 0 aliphatic carbocycles. The zero-order chi connectivity index (χ0) is 17.2. The molecule has 3 heterocycles. The van der Waals surface area contributed by atoms with Crippen LogP contribution < -0.4 is 0 Å². The van der Waals surface area contributed by atoms with Crippen LogP contribution in [-0.4, -0.2) is 26.0 Å². The third-order valence-corrected chi connectivity index (χ3v) is 4.78. The molecule has 0 saturated carbocycles. The van der Waals surface area contributed by atoms with E-state index in [2.05, 4.69) is 44.7 Å². The second-order valence-corrected chi connectivity index (χ2v) is 6.41. The topological polar surface area (TPSA) is 34.0 Å². The minimum Gasteiger partial charge on any atom is -0.348 e. The van der Waals surface area contributed by atoms with Crippen molar-refractivity contribution in [3.8, 4) is 0 Å². The summed E-state index contributed by atoms with van der Waals surface area (Å²) in [6.07, 6.45) is 6.79. The fraction of sp³-hybridized carbons (Fsp3) is 0.300. The van der Waals surface area contributed by atoms with E-state index in [0.717, 1.165) is 43.0 Å². The van der Waals surface area contributed by atoms with Gasteiger partial charge in [-0.1, -0.05) is 19.1 Å². The van der Waals surface area contributed by atoms with Gasteiger partial charge in [-0.15, -0.1) is 0 Å². The Bertz CT molecular complexity index is 839. The Balaban J connectivity index is 1.66. The number of fused-ring (bicyclic) bond motifs is 1. The Kier molecular flexibility index (Phi) is 4.32. The molecule has 3 aromatic rings. The molecule has 0 fully saturated rings. The standard InChI is InChI=1S/C20H21FN4/c1-2-19-22-12-15(13-23-19)14-25-11-10-24-9-3-4-18(24)20(25)16-5-7-17(21)8-6-16/h3-9,12-13,20H,2,10-11,14H2,1H3. The highest BCUT2D eigenvalue weighted by atomic mass is 19.1. The largest absolute Gasteiger partial charge is 0.348 e. The second-order valence-electron chi connectivity index (χ2n) is 6.41. The fourth-order valence-electron chi connectivity index (χ4n) is 3.51. The summed E-state index contributed by atoms with van der Waals surface area (Å²) in [4.78, 5) is 11.2. The monoisotopic (exact) mass is 336 g/mol. The first-order valence-electron chi connectivity index (χ1n) is 8.69. The van der Waals surface area contributed by atoms with Gasteiger partial charge in [-0.05, 0) is 29.8 Å². The molecule has 0 bridgehead atoms. The summed E-state index contributed by atoms with van der Waals surface area (Å²) in [6, 6.07) is 11.2. The van der Waals surface area contributed by atoms with E-state index < -0.39 is 0 Å². The van der Waals surface area contributed by atoms with E-state index in [1.165, 1.54) is 17.8 Å². The molecular weight excluding hydrogens is 315 g/mol. The Morgan fingerprint density at radius 3 is 2.56 bits per heavy atom. The number of rotatable bonds is 4. The van der Waals surface area contributed by atoms with Crippen LogP contribution in [0.15, 0.2) is 55.0 Å². The lowest BCUT2D eigenvalue weighted by molar-refractivity contribution is 0.174. The summed E-state index contributed by atoms with van der Waals surface area (Å²) >= 11 is 0. The molecule has 0 radical (unpaired) electrons. The van der Waals surface area contributed by atoms with Gasteiger partial charge in [0.2, 0.25) is 0 Å². The maximum absolute atomic E-state index is 13.4. The maximum Gasteiger partial charge on any atom is 0.127 e. The third-order valence-electron chi connectivity index (χ3n) is 4.78. The molecule has 0 amide bonds. The summed E-state index contributed by atoms with van der Waals surface area (Å²) in [7, 11) is 0.